The summed E-state index contributed by atoms with van der Waals surface area (Å²) in [4.78, 5) is 28.0. The fraction of sp³-hybridized carbons (Fsp3) is 0.214. The van der Waals surface area contributed by atoms with E-state index in [4.69, 9.17) is 9.84 Å². The Morgan fingerprint density at radius 2 is 2.05 bits per heavy atom. The Morgan fingerprint density at radius 3 is 2.62 bits per heavy atom. The van der Waals surface area contributed by atoms with Crippen LogP contribution >= 0.6 is 11.3 Å². The van der Waals surface area contributed by atoms with Gasteiger partial charge in [-0.3, -0.25) is 4.79 Å². The average molecular weight is 306 g/mol. The van der Waals surface area contributed by atoms with Crippen molar-refractivity contribution in [2.24, 2.45) is 0 Å². The number of carbonyl (C=O) groups is 2. The molecule has 1 amide bonds. The van der Waals surface area contributed by atoms with Gasteiger partial charge in [0, 0.05) is 19.0 Å². The molecule has 0 radical (unpaired) electrons. The van der Waals surface area contributed by atoms with E-state index in [1.54, 1.807) is 47.1 Å². The highest BCUT2D eigenvalue weighted by atomic mass is 32.1. The molecule has 0 unspecified atom stereocenters. The molecular weight excluding hydrogens is 292 g/mol. The molecule has 7 heteroatoms. The van der Waals surface area contributed by atoms with E-state index < -0.39 is 5.97 Å². The van der Waals surface area contributed by atoms with Crippen LogP contribution in [0.1, 0.15) is 16.1 Å². The Kier molecular flexibility index (Phi) is 4.89. The number of rotatable bonds is 6. The van der Waals surface area contributed by atoms with E-state index in [9.17, 15) is 9.59 Å². The van der Waals surface area contributed by atoms with Gasteiger partial charge in [0.25, 0.3) is 5.91 Å². The summed E-state index contributed by atoms with van der Waals surface area (Å²) in [5, 5.41) is 10.2. The normalized spacial score (nSPS) is 10.1. The molecular formula is C14H14N2O4S. The van der Waals surface area contributed by atoms with E-state index in [1.165, 1.54) is 11.3 Å². The number of benzene rings is 1. The van der Waals surface area contributed by atoms with Crippen molar-refractivity contribution >= 4 is 23.2 Å². The number of amides is 1. The Labute approximate surface area is 125 Å². The monoisotopic (exact) mass is 306 g/mol. The van der Waals surface area contributed by atoms with Gasteiger partial charge in [0.1, 0.15) is 11.4 Å². The topological polar surface area (TPSA) is 79.7 Å². The van der Waals surface area contributed by atoms with Crippen molar-refractivity contribution in [3.05, 3.63) is 46.4 Å². The second-order valence-corrected chi connectivity index (χ2v) is 5.08. The third-order valence-electron chi connectivity index (χ3n) is 2.70. The molecule has 0 atom stereocenters. The van der Waals surface area contributed by atoms with E-state index in [0.29, 0.717) is 18.0 Å². The average Bonchev–Trinajstić information content (AvgIpc) is 2.99. The van der Waals surface area contributed by atoms with Crippen LogP contribution in [0.5, 0.6) is 5.75 Å². The fourth-order valence-corrected chi connectivity index (χ4v) is 2.22. The third kappa shape index (κ3) is 4.28. The van der Waals surface area contributed by atoms with Gasteiger partial charge in [-0.05, 0) is 17.7 Å². The number of ether oxygens (including phenoxy) is 1. The number of nitrogens with zero attached hydrogens (tertiary/aromatic N) is 2. The first-order valence-corrected chi connectivity index (χ1v) is 7.07. The molecule has 1 aromatic carbocycles. The van der Waals surface area contributed by atoms with Crippen molar-refractivity contribution in [3.63, 3.8) is 0 Å². The first-order chi connectivity index (χ1) is 10.1. The maximum absolute atomic E-state index is 12.0. The summed E-state index contributed by atoms with van der Waals surface area (Å²) >= 11 is 1.38. The Hall–Kier alpha value is -2.41. The fourth-order valence-electron chi connectivity index (χ4n) is 1.70. The molecule has 1 aromatic heterocycles. The second-order valence-electron chi connectivity index (χ2n) is 4.36. The van der Waals surface area contributed by atoms with Crippen molar-refractivity contribution in [1.82, 2.24) is 9.88 Å². The molecule has 2 aromatic rings. The zero-order chi connectivity index (χ0) is 15.2. The summed E-state index contributed by atoms with van der Waals surface area (Å²) < 4.78 is 5.05. The van der Waals surface area contributed by atoms with Crippen molar-refractivity contribution in [2.75, 3.05) is 13.7 Å². The lowest BCUT2D eigenvalue weighted by Gasteiger charge is -2.16. The van der Waals surface area contributed by atoms with Crippen LogP contribution in [-0.4, -0.2) is 40.5 Å². The van der Waals surface area contributed by atoms with Crippen LogP contribution in [0.3, 0.4) is 0 Å². The number of carboxylic acid groups (broad SMARTS) is 1. The van der Waals surface area contributed by atoms with Crippen LogP contribution in [0.2, 0.25) is 0 Å². The number of hydrogen-bond acceptors (Lipinski definition) is 5. The molecule has 1 N–H and O–H groups in total. The number of thiazole rings is 1. The first-order valence-electron chi connectivity index (χ1n) is 6.13. The van der Waals surface area contributed by atoms with Gasteiger partial charge < -0.3 is 14.7 Å². The lowest BCUT2D eigenvalue weighted by atomic mass is 10.2. The minimum atomic E-state index is -1.02. The summed E-state index contributed by atoms with van der Waals surface area (Å²) in [5.41, 5.74) is 2.98. The zero-order valence-electron chi connectivity index (χ0n) is 11.4. The Bertz CT molecular complexity index is 610. The van der Waals surface area contributed by atoms with Gasteiger partial charge in [-0.1, -0.05) is 12.1 Å². The lowest BCUT2D eigenvalue weighted by Crippen LogP contribution is -2.26. The highest BCUT2D eigenvalue weighted by Crippen LogP contribution is 2.14. The van der Waals surface area contributed by atoms with E-state index in [0.717, 1.165) is 5.56 Å². The highest BCUT2D eigenvalue weighted by Gasteiger charge is 2.13. The molecule has 1 heterocycles. The van der Waals surface area contributed by atoms with Gasteiger partial charge in [0.15, 0.2) is 6.61 Å². The van der Waals surface area contributed by atoms with Crippen LogP contribution in [-0.2, 0) is 11.3 Å². The number of carboxylic acids is 1. The smallest absolute Gasteiger partial charge is 0.341 e. The number of carbonyl (C=O) groups excluding carboxylic acids is 1. The molecule has 0 aliphatic heterocycles. The summed E-state index contributed by atoms with van der Waals surface area (Å²) in [5.74, 6) is -0.676. The maximum Gasteiger partial charge on any atom is 0.341 e. The van der Waals surface area contributed by atoms with Crippen molar-refractivity contribution in [1.29, 1.82) is 0 Å². The molecule has 0 saturated heterocycles. The Balaban J connectivity index is 1.93. The zero-order valence-corrected chi connectivity index (χ0v) is 12.2. The second kappa shape index (κ2) is 6.85. The molecule has 6 nitrogen and oxygen atoms in total. The van der Waals surface area contributed by atoms with E-state index in [2.05, 4.69) is 4.98 Å². The predicted molar refractivity (Wildman–Crippen MR) is 77.5 cm³/mol. The van der Waals surface area contributed by atoms with Crippen molar-refractivity contribution in [3.8, 4) is 5.75 Å². The molecule has 0 spiro atoms. The van der Waals surface area contributed by atoms with Gasteiger partial charge >= 0.3 is 5.97 Å². The quantitative estimate of drug-likeness (QED) is 0.881. The largest absolute Gasteiger partial charge is 0.482 e. The number of aromatic nitrogens is 1. The minimum Gasteiger partial charge on any atom is -0.482 e. The molecule has 0 saturated carbocycles. The molecule has 0 bridgehead atoms. The SMILES string of the molecule is CN(Cc1ccc(OCC(=O)O)cc1)C(=O)c1cscn1. The minimum absolute atomic E-state index is 0.137. The highest BCUT2D eigenvalue weighted by molar-refractivity contribution is 7.07. The van der Waals surface area contributed by atoms with Crippen LogP contribution < -0.4 is 4.74 Å². The van der Waals surface area contributed by atoms with Crippen LogP contribution in [0.25, 0.3) is 0 Å². The van der Waals surface area contributed by atoms with Crippen molar-refractivity contribution < 1.29 is 19.4 Å². The molecule has 0 aliphatic carbocycles. The van der Waals surface area contributed by atoms with Gasteiger partial charge in [-0.25, -0.2) is 9.78 Å². The summed E-state index contributed by atoms with van der Waals surface area (Å²) in [7, 11) is 1.70. The van der Waals surface area contributed by atoms with Gasteiger partial charge in [-0.2, -0.15) is 0 Å². The molecule has 2 rings (SSSR count). The molecule has 0 aliphatic rings. The lowest BCUT2D eigenvalue weighted by molar-refractivity contribution is -0.139. The molecule has 0 fully saturated rings. The van der Waals surface area contributed by atoms with Gasteiger partial charge in [0.05, 0.1) is 5.51 Å². The van der Waals surface area contributed by atoms with E-state index in [-0.39, 0.29) is 12.5 Å². The predicted octanol–water partition coefficient (Wildman–Crippen LogP) is 1.88. The molecule has 21 heavy (non-hydrogen) atoms. The summed E-state index contributed by atoms with van der Waals surface area (Å²) in [6.07, 6.45) is 0. The molecule has 110 valence electrons. The third-order valence-corrected chi connectivity index (χ3v) is 3.29. The van der Waals surface area contributed by atoms with Crippen molar-refractivity contribution in [2.45, 2.75) is 6.54 Å². The Morgan fingerprint density at radius 1 is 1.33 bits per heavy atom. The van der Waals surface area contributed by atoms with Gasteiger partial charge in [0.2, 0.25) is 0 Å². The van der Waals surface area contributed by atoms with E-state index in [1.807, 2.05) is 0 Å². The van der Waals surface area contributed by atoms with Crippen LogP contribution in [0.15, 0.2) is 35.2 Å². The summed E-state index contributed by atoms with van der Waals surface area (Å²) in [6, 6.07) is 6.95. The van der Waals surface area contributed by atoms with E-state index >= 15 is 0 Å². The standard InChI is InChI=1S/C14H14N2O4S/c1-16(14(19)12-8-21-9-15-12)6-10-2-4-11(5-3-10)20-7-13(17)18/h2-5,8-9H,6-7H2,1H3,(H,17,18). The van der Waals surface area contributed by atoms with Crippen LogP contribution in [0, 0.1) is 0 Å². The van der Waals surface area contributed by atoms with Gasteiger partial charge in [-0.15, -0.1) is 11.3 Å². The maximum atomic E-state index is 12.0. The summed E-state index contributed by atoms with van der Waals surface area (Å²) in [6.45, 7) is 0.0666. The van der Waals surface area contributed by atoms with Crippen LogP contribution in [0.4, 0.5) is 0 Å². The number of aliphatic carboxylic acids is 1. The number of hydrogen-bond donors (Lipinski definition) is 1. The first kappa shape index (κ1) is 15.0.